The normalized spacial score (nSPS) is 22.0. The minimum absolute atomic E-state index is 0.435. The van der Waals surface area contributed by atoms with Gasteiger partial charge in [-0.3, -0.25) is 0 Å². The number of benzene rings is 2. The van der Waals surface area contributed by atoms with Gasteiger partial charge in [-0.2, -0.15) is 0 Å². The van der Waals surface area contributed by atoms with Crippen LogP contribution in [0.4, 0.5) is 5.69 Å². The summed E-state index contributed by atoms with van der Waals surface area (Å²) in [5, 5.41) is 7.15. The van der Waals surface area contributed by atoms with Crippen LogP contribution in [0.2, 0.25) is 0 Å². The molecule has 2 atom stereocenters. The van der Waals surface area contributed by atoms with E-state index in [1.807, 2.05) is 7.05 Å². The van der Waals surface area contributed by atoms with Crippen LogP contribution in [-0.2, 0) is 0 Å². The summed E-state index contributed by atoms with van der Waals surface area (Å²) in [6, 6.07) is 18.0. The van der Waals surface area contributed by atoms with Crippen LogP contribution in [0.3, 0.4) is 0 Å². The van der Waals surface area contributed by atoms with Gasteiger partial charge in [-0.05, 0) is 68.0 Å². The molecule has 0 saturated heterocycles. The summed E-state index contributed by atoms with van der Waals surface area (Å²) in [5.74, 6) is 0.457. The molecule has 2 unspecified atom stereocenters. The van der Waals surface area contributed by atoms with Crippen molar-refractivity contribution in [2.24, 2.45) is 5.92 Å². The smallest absolute Gasteiger partial charge is 0.0470 e. The first-order chi connectivity index (χ1) is 16.8. The van der Waals surface area contributed by atoms with Crippen LogP contribution in [0, 0.1) is 5.92 Å². The van der Waals surface area contributed by atoms with Crippen molar-refractivity contribution >= 4 is 11.3 Å². The summed E-state index contributed by atoms with van der Waals surface area (Å²) < 4.78 is 0. The summed E-state index contributed by atoms with van der Waals surface area (Å²) >= 11 is 0. The molecular formula is C32H34N2. The lowest BCUT2D eigenvalue weighted by atomic mass is 9.82. The van der Waals surface area contributed by atoms with Crippen molar-refractivity contribution in [3.05, 3.63) is 120 Å². The van der Waals surface area contributed by atoms with Crippen LogP contribution in [0.15, 0.2) is 114 Å². The fourth-order valence-electron chi connectivity index (χ4n) is 5.03. The summed E-state index contributed by atoms with van der Waals surface area (Å²) in [7, 11) is 2.04. The molecule has 2 heteroatoms. The van der Waals surface area contributed by atoms with Gasteiger partial charge in [0.2, 0.25) is 0 Å². The van der Waals surface area contributed by atoms with E-state index in [1.54, 1.807) is 0 Å². The first-order valence-electron chi connectivity index (χ1n) is 12.6. The molecule has 172 valence electrons. The van der Waals surface area contributed by atoms with Gasteiger partial charge in [0.25, 0.3) is 0 Å². The Labute approximate surface area is 204 Å². The van der Waals surface area contributed by atoms with E-state index < -0.39 is 0 Å². The lowest BCUT2D eigenvalue weighted by Crippen LogP contribution is -2.26. The molecule has 5 rings (SSSR count). The van der Waals surface area contributed by atoms with Gasteiger partial charge in [-0.1, -0.05) is 96.6 Å². The molecule has 0 fully saturated rings. The van der Waals surface area contributed by atoms with Gasteiger partial charge >= 0.3 is 0 Å². The summed E-state index contributed by atoms with van der Waals surface area (Å²) in [6.07, 6.45) is 26.3. The number of likely N-dealkylation sites (N-methyl/N-ethyl adjacent to an activating group) is 1. The Morgan fingerprint density at radius 1 is 0.912 bits per heavy atom. The molecule has 3 aliphatic carbocycles. The van der Waals surface area contributed by atoms with Crippen LogP contribution in [-0.4, -0.2) is 13.1 Å². The molecule has 2 N–H and O–H groups in total. The Kier molecular flexibility index (Phi) is 7.07. The predicted molar refractivity (Wildman–Crippen MR) is 146 cm³/mol. The Morgan fingerprint density at radius 2 is 1.82 bits per heavy atom. The minimum atomic E-state index is 0.435. The Hall–Kier alpha value is -3.36. The van der Waals surface area contributed by atoms with E-state index in [0.29, 0.717) is 12.0 Å². The topological polar surface area (TPSA) is 24.1 Å². The molecule has 0 bridgehead atoms. The summed E-state index contributed by atoms with van der Waals surface area (Å²) in [6.45, 7) is 0. The van der Waals surface area contributed by atoms with Gasteiger partial charge < -0.3 is 10.6 Å². The quantitative estimate of drug-likeness (QED) is 0.472. The maximum Gasteiger partial charge on any atom is 0.0470 e. The molecule has 0 radical (unpaired) electrons. The molecule has 0 saturated carbocycles. The molecule has 0 heterocycles. The van der Waals surface area contributed by atoms with Crippen molar-refractivity contribution in [2.75, 3.05) is 12.4 Å². The zero-order chi connectivity index (χ0) is 23.2. The van der Waals surface area contributed by atoms with Crippen molar-refractivity contribution in [1.29, 1.82) is 0 Å². The van der Waals surface area contributed by atoms with E-state index in [4.69, 9.17) is 0 Å². The van der Waals surface area contributed by atoms with Crippen LogP contribution in [0.1, 0.15) is 37.7 Å². The van der Waals surface area contributed by atoms with Gasteiger partial charge in [0.1, 0.15) is 0 Å². The molecule has 3 aliphatic rings. The van der Waals surface area contributed by atoms with Gasteiger partial charge in [-0.25, -0.2) is 0 Å². The monoisotopic (exact) mass is 446 g/mol. The van der Waals surface area contributed by atoms with E-state index >= 15 is 0 Å². The second-order valence-corrected chi connectivity index (χ2v) is 9.34. The highest BCUT2D eigenvalue weighted by Crippen LogP contribution is 2.36. The molecule has 0 spiro atoms. The standard InChI is InChI=1S/C32H34N2/c1-33-30-18-10-15-27(22-30)25-13-9-14-26(21-25)28-19-20-31(24-11-5-4-6-12-24)32(23-28)34-29-16-7-2-3-8-17-29/h4-7,9-12,14-21,23,25,30,33-34H,2-3,8,13,22H2,1H3. The number of hydrogen-bond acceptors (Lipinski definition) is 2. The molecule has 0 amide bonds. The molecule has 2 aromatic carbocycles. The van der Waals surface area contributed by atoms with Crippen LogP contribution < -0.4 is 10.6 Å². The molecule has 0 aliphatic heterocycles. The fourth-order valence-corrected chi connectivity index (χ4v) is 5.03. The number of nitrogens with one attached hydrogen (secondary N) is 2. The maximum atomic E-state index is 3.75. The first kappa shape index (κ1) is 22.4. The SMILES string of the molecule is CNC1C=CC=C(C2C=C(c3ccc(-c4ccccc4)c(NC4=CCCCC=C4)c3)C=CC2)C1. The average molecular weight is 447 g/mol. The molecule has 34 heavy (non-hydrogen) atoms. The van der Waals surface area contributed by atoms with Crippen LogP contribution in [0.25, 0.3) is 16.7 Å². The van der Waals surface area contributed by atoms with Crippen molar-refractivity contribution in [2.45, 2.75) is 38.1 Å². The lowest BCUT2D eigenvalue weighted by molar-refractivity contribution is 0.605. The first-order valence-corrected chi connectivity index (χ1v) is 12.6. The van der Waals surface area contributed by atoms with E-state index in [9.17, 15) is 0 Å². The Bertz CT molecular complexity index is 1190. The second kappa shape index (κ2) is 10.7. The van der Waals surface area contributed by atoms with Crippen molar-refractivity contribution in [3.8, 4) is 11.1 Å². The maximum absolute atomic E-state index is 3.75. The van der Waals surface area contributed by atoms with Crippen molar-refractivity contribution in [1.82, 2.24) is 5.32 Å². The summed E-state index contributed by atoms with van der Waals surface area (Å²) in [4.78, 5) is 0. The van der Waals surface area contributed by atoms with Crippen LogP contribution in [0.5, 0.6) is 0 Å². The number of rotatable bonds is 6. The third kappa shape index (κ3) is 5.24. The third-order valence-corrected chi connectivity index (χ3v) is 6.98. The molecule has 2 aromatic rings. The third-order valence-electron chi connectivity index (χ3n) is 6.98. The van der Waals surface area contributed by atoms with Crippen molar-refractivity contribution < 1.29 is 0 Å². The average Bonchev–Trinajstić information content (AvgIpc) is 3.18. The zero-order valence-electron chi connectivity index (χ0n) is 20.0. The molecule has 0 aromatic heterocycles. The predicted octanol–water partition coefficient (Wildman–Crippen LogP) is 7.82. The lowest BCUT2D eigenvalue weighted by Gasteiger charge is -2.25. The molecule has 2 nitrogen and oxygen atoms in total. The van der Waals surface area contributed by atoms with Gasteiger partial charge in [0, 0.05) is 28.9 Å². The van der Waals surface area contributed by atoms with Gasteiger partial charge in [0.15, 0.2) is 0 Å². The van der Waals surface area contributed by atoms with Gasteiger partial charge in [0.05, 0.1) is 0 Å². The van der Waals surface area contributed by atoms with Crippen molar-refractivity contribution in [3.63, 3.8) is 0 Å². The van der Waals surface area contributed by atoms with E-state index in [-0.39, 0.29) is 0 Å². The summed E-state index contributed by atoms with van der Waals surface area (Å²) in [5.41, 5.74) is 8.90. The number of hydrogen-bond donors (Lipinski definition) is 2. The second-order valence-electron chi connectivity index (χ2n) is 9.34. The highest BCUT2D eigenvalue weighted by Gasteiger charge is 2.19. The van der Waals surface area contributed by atoms with E-state index in [0.717, 1.165) is 31.4 Å². The molecular weight excluding hydrogens is 412 g/mol. The Morgan fingerprint density at radius 3 is 2.71 bits per heavy atom. The van der Waals surface area contributed by atoms with Gasteiger partial charge in [-0.15, -0.1) is 0 Å². The zero-order valence-corrected chi connectivity index (χ0v) is 20.0. The highest BCUT2D eigenvalue weighted by molar-refractivity contribution is 5.85. The highest BCUT2D eigenvalue weighted by atomic mass is 14.9. The van der Waals surface area contributed by atoms with E-state index in [2.05, 4.69) is 114 Å². The number of allylic oxidation sites excluding steroid dienone is 9. The Balaban J connectivity index is 1.48. The minimum Gasteiger partial charge on any atom is -0.355 e. The largest absolute Gasteiger partial charge is 0.355 e. The van der Waals surface area contributed by atoms with Crippen LogP contribution >= 0.6 is 0 Å². The number of anilines is 1. The fraction of sp³-hybridized carbons (Fsp3) is 0.250. The van der Waals surface area contributed by atoms with E-state index in [1.165, 1.54) is 40.0 Å².